The van der Waals surface area contributed by atoms with Gasteiger partial charge < -0.3 is 15.2 Å². The molecule has 0 unspecified atom stereocenters. The second-order valence-electron chi connectivity index (χ2n) is 6.66. The monoisotopic (exact) mass is 370 g/mol. The highest BCUT2D eigenvalue weighted by atomic mass is 35.5. The molecule has 3 heterocycles. The van der Waals surface area contributed by atoms with Crippen molar-refractivity contribution in [2.45, 2.75) is 13.3 Å². The fourth-order valence-corrected chi connectivity index (χ4v) is 3.63. The molecule has 3 aromatic rings. The molecule has 0 aliphatic carbocycles. The zero-order valence-corrected chi connectivity index (χ0v) is 15.2. The number of carbonyl (C=O) groups is 1. The molecule has 2 N–H and O–H groups in total. The number of halogens is 1. The van der Waals surface area contributed by atoms with Crippen molar-refractivity contribution in [1.29, 1.82) is 0 Å². The third-order valence-electron chi connectivity index (χ3n) is 4.87. The van der Waals surface area contributed by atoms with Crippen molar-refractivity contribution in [3.8, 4) is 11.3 Å². The van der Waals surface area contributed by atoms with Crippen molar-refractivity contribution >= 4 is 28.6 Å². The van der Waals surface area contributed by atoms with E-state index in [0.717, 1.165) is 12.0 Å². The maximum atomic E-state index is 13.2. The Hall–Kier alpha value is -2.44. The third-order valence-corrected chi connectivity index (χ3v) is 5.11. The molecule has 1 fully saturated rings. The van der Waals surface area contributed by atoms with Crippen LogP contribution in [0.3, 0.4) is 0 Å². The second kappa shape index (κ2) is 6.70. The number of hydrogen-bond acceptors (Lipinski definition) is 5. The van der Waals surface area contributed by atoms with E-state index in [9.17, 15) is 4.79 Å². The predicted molar refractivity (Wildman–Crippen MR) is 100 cm³/mol. The van der Waals surface area contributed by atoms with Crippen molar-refractivity contribution in [2.24, 2.45) is 11.7 Å². The maximum absolute atomic E-state index is 13.2. The van der Waals surface area contributed by atoms with E-state index in [1.54, 1.807) is 12.1 Å². The number of nitrogens with zero attached hydrogens (tertiary/aromatic N) is 3. The van der Waals surface area contributed by atoms with Crippen molar-refractivity contribution in [3.05, 3.63) is 46.6 Å². The molecule has 7 heteroatoms. The zero-order valence-electron chi connectivity index (χ0n) is 14.4. The molecule has 0 saturated carbocycles. The van der Waals surface area contributed by atoms with Crippen LogP contribution in [0.5, 0.6) is 0 Å². The summed E-state index contributed by atoms with van der Waals surface area (Å²) in [6.07, 6.45) is 0.931. The number of likely N-dealkylation sites (tertiary alicyclic amines) is 1. The Morgan fingerprint density at radius 1 is 1.42 bits per heavy atom. The highest BCUT2D eigenvalue weighted by Gasteiger charge is 2.29. The first-order valence-electron chi connectivity index (χ1n) is 8.59. The predicted octanol–water partition coefficient (Wildman–Crippen LogP) is 3.27. The summed E-state index contributed by atoms with van der Waals surface area (Å²) in [4.78, 5) is 19.6. The van der Waals surface area contributed by atoms with Gasteiger partial charge in [0.05, 0.1) is 22.3 Å². The molecule has 1 saturated heterocycles. The Balaban J connectivity index is 1.82. The van der Waals surface area contributed by atoms with Gasteiger partial charge in [0.15, 0.2) is 0 Å². The number of hydrogen-bond donors (Lipinski definition) is 1. The minimum atomic E-state index is -0.0390. The number of aromatic nitrogens is 2. The Morgan fingerprint density at radius 2 is 2.27 bits per heavy atom. The van der Waals surface area contributed by atoms with Crippen molar-refractivity contribution in [3.63, 3.8) is 0 Å². The molecule has 134 valence electrons. The third kappa shape index (κ3) is 2.95. The Labute approximate surface area is 155 Å². The Kier molecular flexibility index (Phi) is 4.38. The summed E-state index contributed by atoms with van der Waals surface area (Å²) in [6, 6.07) is 9.16. The molecule has 2 aromatic heterocycles. The quantitative estimate of drug-likeness (QED) is 0.764. The van der Waals surface area contributed by atoms with E-state index in [2.05, 4.69) is 10.1 Å². The highest BCUT2D eigenvalue weighted by Crippen LogP contribution is 2.30. The fraction of sp³-hybridized carbons (Fsp3) is 0.316. The lowest BCUT2D eigenvalue weighted by atomic mass is 10.0. The minimum Gasteiger partial charge on any atom is -0.338 e. The van der Waals surface area contributed by atoms with E-state index >= 15 is 0 Å². The smallest absolute Gasteiger partial charge is 0.259 e. The Morgan fingerprint density at radius 3 is 3.00 bits per heavy atom. The summed E-state index contributed by atoms with van der Waals surface area (Å²) in [7, 11) is 0. The van der Waals surface area contributed by atoms with E-state index in [1.165, 1.54) is 0 Å². The summed E-state index contributed by atoms with van der Waals surface area (Å²) in [5, 5.41) is 5.27. The lowest BCUT2D eigenvalue weighted by Crippen LogP contribution is -2.30. The summed E-state index contributed by atoms with van der Waals surface area (Å²) >= 11 is 6.10. The van der Waals surface area contributed by atoms with E-state index in [0.29, 0.717) is 58.6 Å². The molecule has 1 aliphatic heterocycles. The molecule has 1 atom stereocenters. The molecular formula is C19H19ClN4O2. The topological polar surface area (TPSA) is 85.2 Å². The van der Waals surface area contributed by atoms with Gasteiger partial charge in [-0.3, -0.25) is 4.79 Å². The zero-order chi connectivity index (χ0) is 18.3. The second-order valence-corrected chi connectivity index (χ2v) is 7.09. The first kappa shape index (κ1) is 17.0. The molecule has 1 aliphatic rings. The van der Waals surface area contributed by atoms with Crippen LogP contribution in [-0.4, -0.2) is 40.6 Å². The van der Waals surface area contributed by atoms with E-state index in [-0.39, 0.29) is 5.91 Å². The lowest BCUT2D eigenvalue weighted by molar-refractivity contribution is 0.0789. The van der Waals surface area contributed by atoms with Crippen molar-refractivity contribution < 1.29 is 9.32 Å². The first-order valence-corrected chi connectivity index (χ1v) is 8.97. The molecular weight excluding hydrogens is 352 g/mol. The highest BCUT2D eigenvalue weighted by molar-refractivity contribution is 6.30. The fourth-order valence-electron chi connectivity index (χ4n) is 3.44. The van der Waals surface area contributed by atoms with Gasteiger partial charge in [-0.15, -0.1) is 0 Å². The SMILES string of the molecule is Cc1noc2nc(-c3cccc(Cl)c3)cc(C(=O)N3CC[C@H](CN)C3)c12. The van der Waals surface area contributed by atoms with Crippen LogP contribution in [0.1, 0.15) is 22.5 Å². The van der Waals surface area contributed by atoms with Gasteiger partial charge in [-0.05, 0) is 44.0 Å². The van der Waals surface area contributed by atoms with Crippen molar-refractivity contribution in [1.82, 2.24) is 15.0 Å². The number of pyridine rings is 1. The van der Waals surface area contributed by atoms with Crippen LogP contribution in [0, 0.1) is 12.8 Å². The van der Waals surface area contributed by atoms with Gasteiger partial charge in [0.25, 0.3) is 11.6 Å². The van der Waals surface area contributed by atoms with Crippen LogP contribution >= 0.6 is 11.6 Å². The molecule has 26 heavy (non-hydrogen) atoms. The van der Waals surface area contributed by atoms with Gasteiger partial charge in [0.1, 0.15) is 0 Å². The van der Waals surface area contributed by atoms with Gasteiger partial charge in [0.2, 0.25) is 0 Å². The van der Waals surface area contributed by atoms with Crippen LogP contribution in [0.15, 0.2) is 34.9 Å². The first-order chi connectivity index (χ1) is 12.6. The number of carbonyl (C=O) groups excluding carboxylic acids is 1. The standard InChI is InChI=1S/C19H19ClN4O2/c1-11-17-15(19(25)24-6-5-12(9-21)10-24)8-16(22-18(17)26-23-11)13-3-2-4-14(20)7-13/h2-4,7-8,12H,5-6,9-10,21H2,1H3/t12-/m1/s1. The lowest BCUT2D eigenvalue weighted by Gasteiger charge is -2.17. The summed E-state index contributed by atoms with van der Waals surface area (Å²) in [5.74, 6) is 0.315. The van der Waals surface area contributed by atoms with Crippen LogP contribution in [0.2, 0.25) is 5.02 Å². The van der Waals surface area contributed by atoms with Crippen LogP contribution in [-0.2, 0) is 0 Å². The minimum absolute atomic E-state index is 0.0390. The van der Waals surface area contributed by atoms with Crippen LogP contribution in [0.4, 0.5) is 0 Å². The van der Waals surface area contributed by atoms with Crippen molar-refractivity contribution in [2.75, 3.05) is 19.6 Å². The molecule has 1 amide bonds. The largest absolute Gasteiger partial charge is 0.338 e. The van der Waals surface area contributed by atoms with E-state index < -0.39 is 0 Å². The average molecular weight is 371 g/mol. The summed E-state index contributed by atoms with van der Waals surface area (Å²) < 4.78 is 5.35. The summed E-state index contributed by atoms with van der Waals surface area (Å²) in [6.45, 7) is 3.79. The molecule has 0 bridgehead atoms. The summed E-state index contributed by atoms with van der Waals surface area (Å²) in [5.41, 5.74) is 8.79. The van der Waals surface area contributed by atoms with E-state index in [1.807, 2.05) is 30.0 Å². The Bertz CT molecular complexity index is 985. The number of benzene rings is 1. The number of nitrogens with two attached hydrogens (primary N) is 1. The van der Waals surface area contributed by atoms with Gasteiger partial charge in [0, 0.05) is 23.7 Å². The van der Waals surface area contributed by atoms with Gasteiger partial charge in [-0.25, -0.2) is 4.98 Å². The van der Waals surface area contributed by atoms with Gasteiger partial charge in [-0.2, -0.15) is 0 Å². The molecule has 6 nitrogen and oxygen atoms in total. The number of rotatable bonds is 3. The van der Waals surface area contributed by atoms with Crippen LogP contribution in [0.25, 0.3) is 22.4 Å². The molecule has 4 rings (SSSR count). The molecule has 1 aromatic carbocycles. The number of fused-ring (bicyclic) bond motifs is 1. The van der Waals surface area contributed by atoms with Crippen LogP contribution < -0.4 is 5.73 Å². The normalized spacial score (nSPS) is 17.2. The number of aryl methyl sites for hydroxylation is 1. The van der Waals surface area contributed by atoms with E-state index in [4.69, 9.17) is 21.9 Å². The number of amides is 1. The molecule has 0 spiro atoms. The average Bonchev–Trinajstić information content (AvgIpc) is 3.27. The maximum Gasteiger partial charge on any atom is 0.259 e. The van der Waals surface area contributed by atoms with Gasteiger partial charge >= 0.3 is 0 Å². The van der Waals surface area contributed by atoms with Gasteiger partial charge in [-0.1, -0.05) is 28.9 Å². The molecule has 0 radical (unpaired) electrons.